The van der Waals surface area contributed by atoms with Crippen molar-refractivity contribution in [2.45, 2.75) is 75.5 Å². The zero-order chi connectivity index (χ0) is 20.9. The van der Waals surface area contributed by atoms with Crippen LogP contribution in [0.2, 0.25) is 0 Å². The van der Waals surface area contributed by atoms with Gasteiger partial charge in [0.1, 0.15) is 0 Å². The summed E-state index contributed by atoms with van der Waals surface area (Å²) in [6, 6.07) is 7.52. The maximum absolute atomic E-state index is 13.1. The Morgan fingerprint density at radius 2 is 1.83 bits per heavy atom. The Morgan fingerprint density at radius 1 is 1.20 bits per heavy atom. The fourth-order valence-electron chi connectivity index (χ4n) is 6.52. The van der Waals surface area contributed by atoms with Gasteiger partial charge in [-0.05, 0) is 81.8 Å². The lowest BCUT2D eigenvalue weighted by Crippen LogP contribution is -2.60. The fraction of sp³-hybridized carbons (Fsp3) is 0.625. The van der Waals surface area contributed by atoms with Gasteiger partial charge in [0.15, 0.2) is 5.16 Å². The molecule has 160 valence electrons. The molecule has 1 aromatic carbocycles. The second-order valence-corrected chi connectivity index (χ2v) is 10.8. The van der Waals surface area contributed by atoms with E-state index < -0.39 is 0 Å². The molecule has 4 aliphatic rings. The Bertz CT molecular complexity index is 995. The molecule has 1 aromatic heterocycles. The lowest BCUT2D eigenvalue weighted by Gasteiger charge is -2.56. The molecule has 0 saturated heterocycles. The minimum Gasteiger partial charge on any atom is -0.350 e. The Labute approximate surface area is 182 Å². The number of hydrogen-bond donors (Lipinski definition) is 1. The van der Waals surface area contributed by atoms with Crippen molar-refractivity contribution in [1.82, 2.24) is 14.9 Å². The lowest BCUT2D eigenvalue weighted by atomic mass is 9.53. The molecule has 0 aliphatic heterocycles. The van der Waals surface area contributed by atoms with Crippen molar-refractivity contribution >= 4 is 28.6 Å². The van der Waals surface area contributed by atoms with Crippen LogP contribution in [0, 0.1) is 17.8 Å². The van der Waals surface area contributed by atoms with Crippen LogP contribution in [0.5, 0.6) is 0 Å². The highest BCUT2D eigenvalue weighted by Crippen LogP contribution is 2.55. The predicted octanol–water partition coefficient (Wildman–Crippen LogP) is 4.54. The summed E-state index contributed by atoms with van der Waals surface area (Å²) in [5.74, 6) is 2.81. The van der Waals surface area contributed by atoms with E-state index in [1.165, 1.54) is 31.0 Å². The Balaban J connectivity index is 1.35. The number of rotatable bonds is 6. The van der Waals surface area contributed by atoms with Crippen molar-refractivity contribution in [1.29, 1.82) is 0 Å². The normalized spacial score (nSPS) is 30.5. The molecular formula is C24H31N3O2S. The summed E-state index contributed by atoms with van der Waals surface area (Å²) >= 11 is 1.40. The minimum atomic E-state index is -0.0149. The van der Waals surface area contributed by atoms with Gasteiger partial charge in [0.25, 0.3) is 5.56 Å². The van der Waals surface area contributed by atoms with Crippen molar-refractivity contribution in [3.63, 3.8) is 0 Å². The molecule has 1 amide bonds. The first-order valence-corrected chi connectivity index (χ1v) is 12.4. The van der Waals surface area contributed by atoms with Gasteiger partial charge in [-0.15, -0.1) is 0 Å². The summed E-state index contributed by atoms with van der Waals surface area (Å²) in [7, 11) is 0. The SMILES string of the molecule is CCC(C)n1c(SCC(=O)NC23CC4CC(CC(C4)C2)C3)nc2ccccc2c1=O. The number of aromatic nitrogens is 2. The van der Waals surface area contributed by atoms with Crippen LogP contribution in [0.4, 0.5) is 0 Å². The second kappa shape index (κ2) is 7.70. The predicted molar refractivity (Wildman–Crippen MR) is 121 cm³/mol. The molecule has 0 radical (unpaired) electrons. The van der Waals surface area contributed by atoms with E-state index in [2.05, 4.69) is 12.2 Å². The smallest absolute Gasteiger partial charge is 0.262 e. The van der Waals surface area contributed by atoms with E-state index in [4.69, 9.17) is 4.98 Å². The highest BCUT2D eigenvalue weighted by Gasteiger charge is 2.51. The van der Waals surface area contributed by atoms with Gasteiger partial charge in [0.2, 0.25) is 5.91 Å². The average Bonchev–Trinajstić information content (AvgIpc) is 2.70. The van der Waals surface area contributed by atoms with Crippen molar-refractivity contribution in [3.05, 3.63) is 34.6 Å². The van der Waals surface area contributed by atoms with Gasteiger partial charge in [0, 0.05) is 11.6 Å². The number of nitrogens with one attached hydrogen (secondary N) is 1. The highest BCUT2D eigenvalue weighted by atomic mass is 32.2. The number of nitrogens with zero attached hydrogens (tertiary/aromatic N) is 2. The molecule has 2 aromatic rings. The average molecular weight is 426 g/mol. The fourth-order valence-corrected chi connectivity index (χ4v) is 7.42. The number of thioether (sulfide) groups is 1. The molecule has 6 heteroatoms. The number of carbonyl (C=O) groups excluding carboxylic acids is 1. The molecule has 4 aliphatic carbocycles. The van der Waals surface area contributed by atoms with Gasteiger partial charge in [-0.3, -0.25) is 14.2 Å². The monoisotopic (exact) mass is 425 g/mol. The maximum Gasteiger partial charge on any atom is 0.262 e. The molecule has 4 saturated carbocycles. The van der Waals surface area contributed by atoms with Crippen LogP contribution >= 0.6 is 11.8 Å². The van der Waals surface area contributed by atoms with Gasteiger partial charge in [0.05, 0.1) is 16.7 Å². The van der Waals surface area contributed by atoms with E-state index in [0.717, 1.165) is 43.4 Å². The third-order valence-electron chi connectivity index (χ3n) is 7.58. The molecule has 30 heavy (non-hydrogen) atoms. The summed E-state index contributed by atoms with van der Waals surface area (Å²) in [6.45, 7) is 4.11. The zero-order valence-corrected chi connectivity index (χ0v) is 18.7. The van der Waals surface area contributed by atoms with Crippen LogP contribution in [-0.4, -0.2) is 26.8 Å². The van der Waals surface area contributed by atoms with Crippen molar-refractivity contribution in [3.8, 4) is 0 Å². The van der Waals surface area contributed by atoms with Crippen molar-refractivity contribution in [2.24, 2.45) is 17.8 Å². The number of hydrogen-bond acceptors (Lipinski definition) is 4. The van der Waals surface area contributed by atoms with Crippen LogP contribution in [0.3, 0.4) is 0 Å². The summed E-state index contributed by atoms with van der Waals surface area (Å²) in [5.41, 5.74) is 0.713. The van der Waals surface area contributed by atoms with Gasteiger partial charge < -0.3 is 5.32 Å². The quantitative estimate of drug-likeness (QED) is 0.545. The van der Waals surface area contributed by atoms with E-state index >= 15 is 0 Å². The van der Waals surface area contributed by atoms with Gasteiger partial charge in [-0.25, -0.2) is 4.98 Å². The Kier molecular flexibility index (Phi) is 5.16. The third-order valence-corrected chi connectivity index (χ3v) is 8.53. The van der Waals surface area contributed by atoms with Crippen LogP contribution in [-0.2, 0) is 4.79 Å². The Hall–Kier alpha value is -1.82. The number of benzene rings is 1. The van der Waals surface area contributed by atoms with Gasteiger partial charge >= 0.3 is 0 Å². The molecular weight excluding hydrogens is 394 g/mol. The number of para-hydroxylation sites is 1. The summed E-state index contributed by atoms with van der Waals surface area (Å²) in [4.78, 5) is 30.8. The number of amides is 1. The first-order valence-electron chi connectivity index (χ1n) is 11.4. The summed E-state index contributed by atoms with van der Waals surface area (Å²) < 4.78 is 1.77. The molecule has 1 atom stereocenters. The van der Waals surface area contributed by atoms with Crippen LogP contribution in [0.1, 0.15) is 64.8 Å². The molecule has 5 nitrogen and oxygen atoms in total. The van der Waals surface area contributed by atoms with Gasteiger partial charge in [-0.2, -0.15) is 0 Å². The Morgan fingerprint density at radius 3 is 2.47 bits per heavy atom. The second-order valence-electron chi connectivity index (χ2n) is 9.88. The first kappa shape index (κ1) is 20.1. The molecule has 4 bridgehead atoms. The van der Waals surface area contributed by atoms with Crippen LogP contribution in [0.15, 0.2) is 34.2 Å². The van der Waals surface area contributed by atoms with Crippen molar-refractivity contribution in [2.75, 3.05) is 5.75 Å². The van der Waals surface area contributed by atoms with E-state index in [-0.39, 0.29) is 23.0 Å². The zero-order valence-electron chi connectivity index (χ0n) is 17.9. The van der Waals surface area contributed by atoms with Crippen LogP contribution in [0.25, 0.3) is 10.9 Å². The molecule has 1 N–H and O–H groups in total. The van der Waals surface area contributed by atoms with Gasteiger partial charge in [-0.1, -0.05) is 30.8 Å². The molecule has 1 unspecified atom stereocenters. The van der Waals surface area contributed by atoms with Crippen molar-refractivity contribution < 1.29 is 4.79 Å². The largest absolute Gasteiger partial charge is 0.350 e. The molecule has 4 fully saturated rings. The lowest BCUT2D eigenvalue weighted by molar-refractivity contribution is -0.124. The summed E-state index contributed by atoms with van der Waals surface area (Å²) in [6.07, 6.45) is 8.40. The minimum absolute atomic E-state index is 0.0149. The standard InChI is InChI=1S/C24H31N3O2S/c1-3-15(2)27-22(29)19-6-4-5-7-20(19)25-23(27)30-14-21(28)26-24-11-16-8-17(12-24)10-18(9-16)13-24/h4-7,15-18H,3,8-14H2,1-2H3,(H,26,28). The van der Waals surface area contributed by atoms with E-state index in [1.807, 2.05) is 31.2 Å². The highest BCUT2D eigenvalue weighted by molar-refractivity contribution is 7.99. The first-order chi connectivity index (χ1) is 14.5. The van der Waals surface area contributed by atoms with E-state index in [9.17, 15) is 9.59 Å². The van der Waals surface area contributed by atoms with E-state index in [1.54, 1.807) is 4.57 Å². The number of fused-ring (bicyclic) bond motifs is 1. The van der Waals surface area contributed by atoms with Crippen LogP contribution < -0.4 is 10.9 Å². The van der Waals surface area contributed by atoms with E-state index in [0.29, 0.717) is 21.8 Å². The molecule has 1 heterocycles. The third kappa shape index (κ3) is 3.57. The topological polar surface area (TPSA) is 64.0 Å². The maximum atomic E-state index is 13.1. The number of carbonyl (C=O) groups is 1. The molecule has 0 spiro atoms. The molecule has 6 rings (SSSR count). The summed E-state index contributed by atoms with van der Waals surface area (Å²) in [5, 5.41) is 4.72.